The van der Waals surface area contributed by atoms with Gasteiger partial charge in [-0.05, 0) is 24.1 Å². The average molecular weight is 252 g/mol. The molecule has 3 N–H and O–H groups in total. The van der Waals surface area contributed by atoms with E-state index in [4.69, 9.17) is 5.73 Å². The van der Waals surface area contributed by atoms with Crippen molar-refractivity contribution in [1.82, 2.24) is 10.2 Å². The highest BCUT2D eigenvalue weighted by Crippen LogP contribution is 2.27. The highest BCUT2D eigenvalue weighted by molar-refractivity contribution is 9.10. The Morgan fingerprint density at radius 1 is 1.43 bits per heavy atom. The van der Waals surface area contributed by atoms with Gasteiger partial charge in [-0.3, -0.25) is 5.10 Å². The molecule has 0 spiro atoms. The van der Waals surface area contributed by atoms with Gasteiger partial charge in [0.1, 0.15) is 5.82 Å². The van der Waals surface area contributed by atoms with E-state index in [2.05, 4.69) is 32.2 Å². The number of aromatic nitrogens is 2. The molecular formula is C10H10BrN3. The van der Waals surface area contributed by atoms with Crippen LogP contribution in [0, 0.1) is 6.92 Å². The number of hydrogen-bond donors (Lipinski definition) is 2. The second-order valence-corrected chi connectivity index (χ2v) is 4.02. The number of nitrogens with zero attached hydrogens (tertiary/aromatic N) is 1. The molecule has 0 aliphatic carbocycles. The summed E-state index contributed by atoms with van der Waals surface area (Å²) in [4.78, 5) is 0. The number of anilines is 1. The number of aryl methyl sites for hydroxylation is 1. The molecule has 14 heavy (non-hydrogen) atoms. The molecule has 2 rings (SSSR count). The van der Waals surface area contributed by atoms with Gasteiger partial charge in [0.25, 0.3) is 0 Å². The molecule has 0 fully saturated rings. The molecule has 1 aromatic heterocycles. The van der Waals surface area contributed by atoms with E-state index in [0.717, 1.165) is 15.6 Å². The minimum Gasteiger partial charge on any atom is -0.384 e. The van der Waals surface area contributed by atoms with Gasteiger partial charge in [-0.25, -0.2) is 0 Å². The first-order valence-electron chi connectivity index (χ1n) is 4.24. The summed E-state index contributed by atoms with van der Waals surface area (Å²) >= 11 is 3.46. The zero-order valence-electron chi connectivity index (χ0n) is 7.71. The number of rotatable bonds is 1. The highest BCUT2D eigenvalue weighted by atomic mass is 79.9. The van der Waals surface area contributed by atoms with Gasteiger partial charge in [0.2, 0.25) is 0 Å². The van der Waals surface area contributed by atoms with Gasteiger partial charge in [0.05, 0.1) is 6.20 Å². The molecule has 0 aliphatic rings. The second-order valence-electron chi connectivity index (χ2n) is 3.16. The van der Waals surface area contributed by atoms with Crippen molar-refractivity contribution in [1.29, 1.82) is 0 Å². The Kier molecular flexibility index (Phi) is 2.29. The number of hydrogen-bond acceptors (Lipinski definition) is 2. The van der Waals surface area contributed by atoms with E-state index in [1.807, 2.05) is 19.1 Å². The molecule has 0 radical (unpaired) electrons. The summed E-state index contributed by atoms with van der Waals surface area (Å²) in [6.07, 6.45) is 1.73. The summed E-state index contributed by atoms with van der Waals surface area (Å²) in [5.41, 5.74) is 8.94. The number of nitrogen functional groups attached to an aromatic ring is 1. The number of nitrogens with two attached hydrogens (primary N) is 1. The predicted octanol–water partition coefficient (Wildman–Crippen LogP) is 2.73. The molecule has 3 nitrogen and oxygen atoms in total. The van der Waals surface area contributed by atoms with Crippen LogP contribution in [0.2, 0.25) is 0 Å². The zero-order chi connectivity index (χ0) is 10.1. The van der Waals surface area contributed by atoms with Gasteiger partial charge >= 0.3 is 0 Å². The van der Waals surface area contributed by atoms with Crippen molar-refractivity contribution in [2.75, 3.05) is 5.73 Å². The molecule has 0 amide bonds. The van der Waals surface area contributed by atoms with Crippen LogP contribution < -0.4 is 5.73 Å². The van der Waals surface area contributed by atoms with Crippen LogP contribution in [0.15, 0.2) is 28.9 Å². The maximum absolute atomic E-state index is 5.73. The molecular weight excluding hydrogens is 242 g/mol. The van der Waals surface area contributed by atoms with Crippen molar-refractivity contribution >= 4 is 21.7 Å². The first-order valence-corrected chi connectivity index (χ1v) is 5.03. The van der Waals surface area contributed by atoms with Crippen LogP contribution in [0.5, 0.6) is 0 Å². The molecule has 0 unspecified atom stereocenters. The normalized spacial score (nSPS) is 10.4. The summed E-state index contributed by atoms with van der Waals surface area (Å²) in [5, 5.41) is 6.61. The van der Waals surface area contributed by atoms with Crippen LogP contribution >= 0.6 is 15.9 Å². The van der Waals surface area contributed by atoms with Crippen molar-refractivity contribution in [3.8, 4) is 11.1 Å². The quantitative estimate of drug-likeness (QED) is 0.819. The van der Waals surface area contributed by atoms with Gasteiger partial charge < -0.3 is 5.73 Å². The van der Waals surface area contributed by atoms with Gasteiger partial charge in [0.15, 0.2) is 0 Å². The Morgan fingerprint density at radius 3 is 2.79 bits per heavy atom. The minimum atomic E-state index is 0.603. The molecule has 0 saturated carbocycles. The van der Waals surface area contributed by atoms with Crippen LogP contribution in [0.4, 0.5) is 5.82 Å². The van der Waals surface area contributed by atoms with Crippen molar-refractivity contribution in [3.63, 3.8) is 0 Å². The lowest BCUT2D eigenvalue weighted by molar-refractivity contribution is 1.10. The Morgan fingerprint density at radius 2 is 2.21 bits per heavy atom. The third kappa shape index (κ3) is 1.53. The van der Waals surface area contributed by atoms with E-state index >= 15 is 0 Å². The molecule has 1 heterocycles. The molecule has 0 saturated heterocycles. The van der Waals surface area contributed by atoms with E-state index in [0.29, 0.717) is 5.82 Å². The first kappa shape index (κ1) is 9.27. The molecule has 0 bridgehead atoms. The summed E-state index contributed by atoms with van der Waals surface area (Å²) in [7, 11) is 0. The molecule has 72 valence electrons. The summed E-state index contributed by atoms with van der Waals surface area (Å²) in [5.74, 6) is 0.603. The first-order chi connectivity index (χ1) is 6.68. The molecule has 4 heteroatoms. The Hall–Kier alpha value is -1.29. The largest absolute Gasteiger partial charge is 0.384 e. The van der Waals surface area contributed by atoms with Gasteiger partial charge in [0, 0.05) is 10.0 Å². The average Bonchev–Trinajstić information content (AvgIpc) is 2.57. The van der Waals surface area contributed by atoms with Gasteiger partial charge in [-0.15, -0.1) is 0 Å². The maximum Gasteiger partial charge on any atom is 0.126 e. The van der Waals surface area contributed by atoms with E-state index in [1.54, 1.807) is 6.20 Å². The Bertz CT molecular complexity index is 462. The van der Waals surface area contributed by atoms with Crippen LogP contribution in [0.25, 0.3) is 11.1 Å². The van der Waals surface area contributed by atoms with E-state index in [1.165, 1.54) is 5.56 Å². The summed E-state index contributed by atoms with van der Waals surface area (Å²) < 4.78 is 1.10. The number of halogens is 1. The summed E-state index contributed by atoms with van der Waals surface area (Å²) in [6, 6.07) is 6.10. The fraction of sp³-hybridized carbons (Fsp3) is 0.100. The lowest BCUT2D eigenvalue weighted by Crippen LogP contribution is -1.88. The van der Waals surface area contributed by atoms with Crippen molar-refractivity contribution in [2.45, 2.75) is 6.92 Å². The fourth-order valence-corrected chi connectivity index (χ4v) is 1.59. The Balaban J connectivity index is 2.53. The number of nitrogens with one attached hydrogen (secondary N) is 1. The third-order valence-corrected chi connectivity index (χ3v) is 3.03. The SMILES string of the molecule is Cc1cc(-c2cn[nH]c2N)ccc1Br. The van der Waals surface area contributed by atoms with Gasteiger partial charge in [-0.1, -0.05) is 28.1 Å². The van der Waals surface area contributed by atoms with E-state index in [-0.39, 0.29) is 0 Å². The van der Waals surface area contributed by atoms with E-state index < -0.39 is 0 Å². The Labute approximate surface area is 90.5 Å². The van der Waals surface area contributed by atoms with Crippen molar-refractivity contribution in [3.05, 3.63) is 34.4 Å². The standard InChI is InChI=1S/C10H10BrN3/c1-6-4-7(2-3-9(6)11)8-5-13-14-10(8)12/h2-5H,1H3,(H3,12,13,14). The molecule has 2 aromatic rings. The number of benzene rings is 1. The van der Waals surface area contributed by atoms with E-state index in [9.17, 15) is 0 Å². The van der Waals surface area contributed by atoms with Crippen LogP contribution in [0.1, 0.15) is 5.56 Å². The number of aromatic amines is 1. The smallest absolute Gasteiger partial charge is 0.126 e. The third-order valence-electron chi connectivity index (χ3n) is 2.14. The number of H-pyrrole nitrogens is 1. The predicted molar refractivity (Wildman–Crippen MR) is 60.9 cm³/mol. The molecule has 1 aromatic carbocycles. The minimum absolute atomic E-state index is 0.603. The summed E-state index contributed by atoms with van der Waals surface area (Å²) in [6.45, 7) is 2.05. The van der Waals surface area contributed by atoms with Gasteiger partial charge in [-0.2, -0.15) is 5.10 Å². The van der Waals surface area contributed by atoms with Crippen LogP contribution in [-0.2, 0) is 0 Å². The fourth-order valence-electron chi connectivity index (χ4n) is 1.34. The zero-order valence-corrected chi connectivity index (χ0v) is 9.30. The van der Waals surface area contributed by atoms with Crippen molar-refractivity contribution in [2.24, 2.45) is 0 Å². The maximum atomic E-state index is 5.73. The molecule has 0 aliphatic heterocycles. The molecule has 0 atom stereocenters. The highest BCUT2D eigenvalue weighted by Gasteiger charge is 2.05. The lowest BCUT2D eigenvalue weighted by atomic mass is 10.1. The topological polar surface area (TPSA) is 54.7 Å². The lowest BCUT2D eigenvalue weighted by Gasteiger charge is -2.02. The second kappa shape index (κ2) is 3.46. The van der Waals surface area contributed by atoms with Crippen molar-refractivity contribution < 1.29 is 0 Å². The van der Waals surface area contributed by atoms with Crippen LogP contribution in [0.3, 0.4) is 0 Å². The van der Waals surface area contributed by atoms with Crippen LogP contribution in [-0.4, -0.2) is 10.2 Å². The monoisotopic (exact) mass is 251 g/mol.